The third kappa shape index (κ3) is 2.56. The summed E-state index contributed by atoms with van der Waals surface area (Å²) in [6.45, 7) is 0. The van der Waals surface area contributed by atoms with Gasteiger partial charge in [-0.1, -0.05) is 0 Å². The van der Waals surface area contributed by atoms with Crippen LogP contribution in [0.2, 0.25) is 0 Å². The number of hydrogen-bond donors (Lipinski definition) is 2. The molecular weight excluding hydrogens is 161 g/mol. The SMILES string of the molecule is O=C(P)Nc1ccc(O)cc1. The van der Waals surface area contributed by atoms with Crippen LogP contribution < -0.4 is 5.32 Å². The fourth-order valence-corrected chi connectivity index (χ4v) is 0.854. The van der Waals surface area contributed by atoms with Crippen molar-refractivity contribution in [1.29, 1.82) is 0 Å². The Morgan fingerprint density at radius 1 is 1.36 bits per heavy atom. The molecule has 1 atom stereocenters. The third-order valence-electron chi connectivity index (χ3n) is 1.13. The summed E-state index contributed by atoms with van der Waals surface area (Å²) in [5.74, 6) is 0.187. The molecule has 0 aliphatic carbocycles. The molecule has 1 aromatic rings. The van der Waals surface area contributed by atoms with Gasteiger partial charge in [0.2, 0.25) is 5.65 Å². The van der Waals surface area contributed by atoms with Crippen LogP contribution in [0.3, 0.4) is 0 Å². The van der Waals surface area contributed by atoms with Crippen molar-refractivity contribution in [2.24, 2.45) is 0 Å². The fourth-order valence-electron chi connectivity index (χ4n) is 0.687. The molecule has 11 heavy (non-hydrogen) atoms. The van der Waals surface area contributed by atoms with Crippen molar-refractivity contribution in [3.05, 3.63) is 24.3 Å². The minimum Gasteiger partial charge on any atom is -0.508 e. The summed E-state index contributed by atoms with van der Waals surface area (Å²) in [4.78, 5) is 10.5. The minimum absolute atomic E-state index is 0.187. The number of anilines is 1. The van der Waals surface area contributed by atoms with E-state index in [2.05, 4.69) is 5.32 Å². The quantitative estimate of drug-likeness (QED) is 0.497. The normalized spacial score (nSPS) is 9.18. The Morgan fingerprint density at radius 2 is 1.91 bits per heavy atom. The number of aromatic hydroxyl groups is 1. The summed E-state index contributed by atoms with van der Waals surface area (Å²) in [5, 5.41) is 11.4. The minimum atomic E-state index is -0.198. The topological polar surface area (TPSA) is 49.3 Å². The van der Waals surface area contributed by atoms with E-state index in [1.54, 1.807) is 12.1 Å². The van der Waals surface area contributed by atoms with E-state index in [1.807, 2.05) is 9.24 Å². The van der Waals surface area contributed by atoms with Crippen LogP contribution in [-0.2, 0) is 0 Å². The maximum atomic E-state index is 10.5. The maximum absolute atomic E-state index is 10.5. The third-order valence-corrected chi connectivity index (χ3v) is 1.28. The van der Waals surface area contributed by atoms with Crippen molar-refractivity contribution in [2.45, 2.75) is 0 Å². The molecule has 0 spiro atoms. The molecule has 2 N–H and O–H groups in total. The first-order valence-corrected chi connectivity index (χ1v) is 3.62. The molecule has 0 heterocycles. The first kappa shape index (κ1) is 8.02. The molecule has 0 fully saturated rings. The molecule has 3 nitrogen and oxygen atoms in total. The van der Waals surface area contributed by atoms with Crippen LogP contribution in [0.25, 0.3) is 0 Å². The number of amides is 1. The van der Waals surface area contributed by atoms with Gasteiger partial charge in [-0.05, 0) is 33.5 Å². The predicted molar refractivity (Wildman–Crippen MR) is 46.8 cm³/mol. The highest BCUT2D eigenvalue weighted by Gasteiger charge is 1.93. The molecule has 0 saturated heterocycles. The summed E-state index contributed by atoms with van der Waals surface area (Å²) in [7, 11) is 2.01. The van der Waals surface area contributed by atoms with Crippen molar-refractivity contribution in [2.75, 3.05) is 5.32 Å². The van der Waals surface area contributed by atoms with Gasteiger partial charge >= 0.3 is 0 Å². The molecule has 0 radical (unpaired) electrons. The van der Waals surface area contributed by atoms with Crippen LogP contribution in [-0.4, -0.2) is 10.8 Å². The van der Waals surface area contributed by atoms with Gasteiger partial charge in [0, 0.05) is 5.69 Å². The molecule has 0 saturated carbocycles. The van der Waals surface area contributed by atoms with E-state index in [0.29, 0.717) is 5.69 Å². The Labute approximate surface area is 66.6 Å². The molecule has 4 heteroatoms. The number of nitrogens with one attached hydrogen (secondary N) is 1. The smallest absolute Gasteiger partial charge is 0.239 e. The Bertz CT molecular complexity index is 258. The second-order valence-corrected chi connectivity index (χ2v) is 2.56. The second kappa shape index (κ2) is 3.35. The number of phenols is 1. The highest BCUT2D eigenvalue weighted by Crippen LogP contribution is 2.14. The Hall–Kier alpha value is -1.08. The molecule has 0 aromatic heterocycles. The molecule has 0 aliphatic heterocycles. The molecule has 0 aliphatic rings. The number of benzene rings is 1. The van der Waals surface area contributed by atoms with Crippen molar-refractivity contribution < 1.29 is 9.90 Å². The van der Waals surface area contributed by atoms with Gasteiger partial charge in [0.1, 0.15) is 5.75 Å². The van der Waals surface area contributed by atoms with E-state index >= 15 is 0 Å². The standard InChI is InChI=1S/C7H8NO2P/c9-6-3-1-5(2-4-6)8-7(10)11/h1-4,9H,11H2,(H,8,10). The van der Waals surface area contributed by atoms with E-state index in [0.717, 1.165) is 0 Å². The van der Waals surface area contributed by atoms with Crippen molar-refractivity contribution >= 4 is 20.6 Å². The number of phenolic OH excluding ortho intramolecular Hbond substituents is 1. The van der Waals surface area contributed by atoms with Gasteiger partial charge in [-0.2, -0.15) is 0 Å². The zero-order valence-electron chi connectivity index (χ0n) is 5.74. The number of carbonyl (C=O) groups is 1. The van der Waals surface area contributed by atoms with Crippen molar-refractivity contribution in [3.63, 3.8) is 0 Å². The summed E-state index contributed by atoms with van der Waals surface area (Å²) >= 11 is 0. The summed E-state index contributed by atoms with van der Waals surface area (Å²) in [5.41, 5.74) is 0.471. The van der Waals surface area contributed by atoms with E-state index in [9.17, 15) is 4.79 Å². The molecule has 0 bridgehead atoms. The van der Waals surface area contributed by atoms with Crippen LogP contribution in [0, 0.1) is 0 Å². The van der Waals surface area contributed by atoms with Gasteiger partial charge in [-0.3, -0.25) is 4.79 Å². The monoisotopic (exact) mass is 169 g/mol. The van der Waals surface area contributed by atoms with Crippen LogP contribution >= 0.6 is 9.24 Å². The van der Waals surface area contributed by atoms with Crippen LogP contribution in [0.1, 0.15) is 0 Å². The number of hydrogen-bond acceptors (Lipinski definition) is 2. The Kier molecular flexibility index (Phi) is 2.44. The second-order valence-electron chi connectivity index (χ2n) is 2.04. The zero-order chi connectivity index (χ0) is 8.27. The van der Waals surface area contributed by atoms with E-state index in [1.165, 1.54) is 12.1 Å². The first-order valence-electron chi connectivity index (χ1n) is 3.04. The van der Waals surface area contributed by atoms with E-state index in [4.69, 9.17) is 5.11 Å². The number of carbonyl (C=O) groups excluding carboxylic acids is 1. The van der Waals surface area contributed by atoms with Gasteiger partial charge in [-0.15, -0.1) is 0 Å². The van der Waals surface area contributed by atoms with Crippen LogP contribution in [0.15, 0.2) is 24.3 Å². The molecule has 58 valence electrons. The Balaban J connectivity index is 2.74. The van der Waals surface area contributed by atoms with Gasteiger partial charge in [0.15, 0.2) is 0 Å². The molecule has 1 rings (SSSR count). The lowest BCUT2D eigenvalue weighted by Crippen LogP contribution is -1.99. The summed E-state index contributed by atoms with van der Waals surface area (Å²) in [6.07, 6.45) is 0. The zero-order valence-corrected chi connectivity index (χ0v) is 6.90. The van der Waals surface area contributed by atoms with E-state index in [-0.39, 0.29) is 11.4 Å². The highest BCUT2D eigenvalue weighted by molar-refractivity contribution is 7.40. The first-order chi connectivity index (χ1) is 5.18. The highest BCUT2D eigenvalue weighted by atomic mass is 31.0. The summed E-state index contributed by atoms with van der Waals surface area (Å²) in [6, 6.07) is 6.26. The lowest BCUT2D eigenvalue weighted by atomic mass is 10.3. The van der Waals surface area contributed by atoms with Crippen molar-refractivity contribution in [1.82, 2.24) is 0 Å². The maximum Gasteiger partial charge on any atom is 0.239 e. The largest absolute Gasteiger partial charge is 0.508 e. The van der Waals surface area contributed by atoms with Crippen LogP contribution in [0.4, 0.5) is 10.5 Å². The van der Waals surface area contributed by atoms with Gasteiger partial charge < -0.3 is 10.4 Å². The average molecular weight is 169 g/mol. The van der Waals surface area contributed by atoms with Gasteiger partial charge in [0.05, 0.1) is 0 Å². The lowest BCUT2D eigenvalue weighted by Gasteiger charge is -1.99. The molecule has 1 unspecified atom stereocenters. The van der Waals surface area contributed by atoms with Gasteiger partial charge in [0.25, 0.3) is 0 Å². The lowest BCUT2D eigenvalue weighted by molar-refractivity contribution is 0.269. The average Bonchev–Trinajstić information content (AvgIpc) is 1.93. The summed E-state index contributed by atoms with van der Waals surface area (Å²) < 4.78 is 0. The predicted octanol–water partition coefficient (Wildman–Crippen LogP) is 1.80. The van der Waals surface area contributed by atoms with Crippen LogP contribution in [0.5, 0.6) is 5.75 Å². The van der Waals surface area contributed by atoms with Gasteiger partial charge in [-0.25, -0.2) is 0 Å². The fraction of sp³-hybridized carbons (Fsp3) is 0. The molecule has 1 amide bonds. The van der Waals surface area contributed by atoms with Crippen molar-refractivity contribution in [3.8, 4) is 5.75 Å². The molecule has 1 aromatic carbocycles. The van der Waals surface area contributed by atoms with E-state index < -0.39 is 0 Å². The number of rotatable bonds is 1. The Morgan fingerprint density at radius 3 is 2.36 bits per heavy atom. The molecular formula is C7H8NO2P.